The summed E-state index contributed by atoms with van der Waals surface area (Å²) in [6.45, 7) is 1.99. The van der Waals surface area contributed by atoms with Crippen LogP contribution in [0.5, 0.6) is 0 Å². The molecule has 6 heteroatoms. The number of hydrogen-bond donors (Lipinski definition) is 3. The smallest absolute Gasteiger partial charge is 0.326 e. The third-order valence-corrected chi connectivity index (χ3v) is 2.87. The Hall–Kier alpha value is -2.37. The van der Waals surface area contributed by atoms with Gasteiger partial charge in [-0.15, -0.1) is 0 Å². The highest BCUT2D eigenvalue weighted by molar-refractivity contribution is 5.96. The van der Waals surface area contributed by atoms with Crippen LogP contribution in [-0.2, 0) is 16.0 Å². The van der Waals surface area contributed by atoms with E-state index in [2.05, 4.69) is 5.32 Å². The van der Waals surface area contributed by atoms with E-state index in [0.717, 1.165) is 12.0 Å². The predicted molar refractivity (Wildman–Crippen MR) is 71.6 cm³/mol. The van der Waals surface area contributed by atoms with Crippen LogP contribution in [0.2, 0.25) is 0 Å². The number of carbonyl (C=O) groups excluding carboxylic acids is 1. The normalized spacial score (nSPS) is 11.7. The Morgan fingerprint density at radius 3 is 2.20 bits per heavy atom. The zero-order chi connectivity index (χ0) is 15.1. The van der Waals surface area contributed by atoms with Gasteiger partial charge in [0.1, 0.15) is 6.04 Å². The minimum Gasteiger partial charge on any atom is -0.481 e. The highest BCUT2D eigenvalue weighted by atomic mass is 16.4. The van der Waals surface area contributed by atoms with Gasteiger partial charge in [-0.25, -0.2) is 4.79 Å². The summed E-state index contributed by atoms with van der Waals surface area (Å²) in [5.41, 5.74) is 1.42. The van der Waals surface area contributed by atoms with Crippen molar-refractivity contribution in [3.8, 4) is 0 Å². The summed E-state index contributed by atoms with van der Waals surface area (Å²) < 4.78 is 0. The molecule has 0 saturated carbocycles. The molecule has 0 radical (unpaired) electrons. The maximum Gasteiger partial charge on any atom is 0.326 e. The molecule has 0 aliphatic heterocycles. The monoisotopic (exact) mass is 279 g/mol. The zero-order valence-electron chi connectivity index (χ0n) is 11.1. The van der Waals surface area contributed by atoms with Crippen molar-refractivity contribution in [3.63, 3.8) is 0 Å². The molecule has 0 heterocycles. The van der Waals surface area contributed by atoms with Crippen molar-refractivity contribution < 1.29 is 24.6 Å². The molecule has 0 aromatic heterocycles. The van der Waals surface area contributed by atoms with Crippen molar-refractivity contribution in [3.05, 3.63) is 35.4 Å². The molecule has 1 rings (SSSR count). The van der Waals surface area contributed by atoms with Crippen molar-refractivity contribution in [1.82, 2.24) is 5.32 Å². The van der Waals surface area contributed by atoms with Crippen LogP contribution >= 0.6 is 0 Å². The summed E-state index contributed by atoms with van der Waals surface area (Å²) in [6.07, 6.45) is 0.383. The number of rotatable bonds is 7. The van der Waals surface area contributed by atoms with Crippen LogP contribution in [0.4, 0.5) is 0 Å². The first-order valence-corrected chi connectivity index (χ1v) is 6.28. The highest BCUT2D eigenvalue weighted by Crippen LogP contribution is 2.06. The SMILES string of the molecule is CCc1ccc(C(=O)N[C@@H](CCC(=O)O)C(=O)O)cc1. The van der Waals surface area contributed by atoms with Gasteiger partial charge in [-0.2, -0.15) is 0 Å². The van der Waals surface area contributed by atoms with Crippen molar-refractivity contribution in [2.24, 2.45) is 0 Å². The number of aryl methyl sites for hydroxylation is 1. The van der Waals surface area contributed by atoms with Gasteiger partial charge in [0, 0.05) is 12.0 Å². The lowest BCUT2D eigenvalue weighted by atomic mass is 10.1. The molecule has 0 fully saturated rings. The second kappa shape index (κ2) is 7.28. The molecule has 0 aliphatic carbocycles. The van der Waals surface area contributed by atoms with Crippen molar-refractivity contribution in [1.29, 1.82) is 0 Å². The van der Waals surface area contributed by atoms with Gasteiger partial charge >= 0.3 is 11.9 Å². The number of aliphatic carboxylic acids is 2. The molecule has 0 unspecified atom stereocenters. The van der Waals surface area contributed by atoms with Gasteiger partial charge in [0.2, 0.25) is 0 Å². The van der Waals surface area contributed by atoms with Gasteiger partial charge in [0.25, 0.3) is 5.91 Å². The van der Waals surface area contributed by atoms with E-state index in [9.17, 15) is 14.4 Å². The molecule has 1 aromatic rings. The number of benzene rings is 1. The fourth-order valence-electron chi connectivity index (χ4n) is 1.66. The number of carbonyl (C=O) groups is 3. The Morgan fingerprint density at radius 1 is 1.15 bits per heavy atom. The molecule has 1 aromatic carbocycles. The van der Waals surface area contributed by atoms with Crippen LogP contribution in [0.3, 0.4) is 0 Å². The van der Waals surface area contributed by atoms with Crippen LogP contribution in [-0.4, -0.2) is 34.1 Å². The van der Waals surface area contributed by atoms with Crippen molar-refractivity contribution in [2.45, 2.75) is 32.2 Å². The standard InChI is InChI=1S/C14H17NO5/c1-2-9-3-5-10(6-4-9)13(18)15-11(14(19)20)7-8-12(16)17/h3-6,11H,2,7-8H2,1H3,(H,15,18)(H,16,17)(H,19,20)/t11-/m0/s1. The molecule has 1 amide bonds. The number of nitrogens with one attached hydrogen (secondary N) is 1. The van der Waals surface area contributed by atoms with Crippen molar-refractivity contribution >= 4 is 17.8 Å². The van der Waals surface area contributed by atoms with E-state index in [1.165, 1.54) is 0 Å². The molecule has 1 atom stereocenters. The molecular weight excluding hydrogens is 262 g/mol. The summed E-state index contributed by atoms with van der Waals surface area (Å²) in [5.74, 6) is -2.87. The number of carboxylic acids is 2. The predicted octanol–water partition coefficient (Wildman–Crippen LogP) is 1.30. The Bertz CT molecular complexity index is 495. The second-order valence-corrected chi connectivity index (χ2v) is 4.35. The Morgan fingerprint density at radius 2 is 1.75 bits per heavy atom. The maximum atomic E-state index is 11.9. The van der Waals surface area contributed by atoms with E-state index in [1.807, 2.05) is 6.92 Å². The van der Waals surface area contributed by atoms with E-state index in [1.54, 1.807) is 24.3 Å². The first kappa shape index (κ1) is 15.7. The topological polar surface area (TPSA) is 104 Å². The third-order valence-electron chi connectivity index (χ3n) is 2.87. The number of hydrogen-bond acceptors (Lipinski definition) is 3. The zero-order valence-corrected chi connectivity index (χ0v) is 11.1. The van der Waals surface area contributed by atoms with Gasteiger partial charge in [-0.3, -0.25) is 9.59 Å². The summed E-state index contributed by atoms with van der Waals surface area (Å²) in [4.78, 5) is 33.3. The molecule has 20 heavy (non-hydrogen) atoms. The summed E-state index contributed by atoms with van der Waals surface area (Å²) in [7, 11) is 0. The van der Waals surface area contributed by atoms with Gasteiger partial charge in [-0.1, -0.05) is 19.1 Å². The van der Waals surface area contributed by atoms with E-state index < -0.39 is 23.9 Å². The Labute approximate surface area is 116 Å². The van der Waals surface area contributed by atoms with Crippen LogP contribution in [0.15, 0.2) is 24.3 Å². The minimum absolute atomic E-state index is 0.149. The largest absolute Gasteiger partial charge is 0.481 e. The highest BCUT2D eigenvalue weighted by Gasteiger charge is 2.21. The number of amides is 1. The van der Waals surface area contributed by atoms with Gasteiger partial charge in [0.05, 0.1) is 0 Å². The van der Waals surface area contributed by atoms with Crippen molar-refractivity contribution in [2.75, 3.05) is 0 Å². The molecule has 6 nitrogen and oxygen atoms in total. The molecule has 0 saturated heterocycles. The van der Waals surface area contributed by atoms with Crippen LogP contribution in [0.25, 0.3) is 0 Å². The molecule has 0 bridgehead atoms. The number of carboxylic acid groups (broad SMARTS) is 2. The summed E-state index contributed by atoms with van der Waals surface area (Å²) in [6, 6.07) is 5.61. The van der Waals surface area contributed by atoms with Crippen LogP contribution in [0.1, 0.15) is 35.7 Å². The molecule has 0 spiro atoms. The first-order valence-electron chi connectivity index (χ1n) is 6.28. The fraction of sp³-hybridized carbons (Fsp3) is 0.357. The summed E-state index contributed by atoms with van der Waals surface area (Å²) >= 11 is 0. The summed E-state index contributed by atoms with van der Waals surface area (Å²) in [5, 5.41) is 19.8. The maximum absolute atomic E-state index is 11.9. The van der Waals surface area contributed by atoms with Crippen LogP contribution < -0.4 is 5.32 Å². The molecular formula is C14H17NO5. The Kier molecular flexibility index (Phi) is 5.71. The van der Waals surface area contributed by atoms with E-state index in [0.29, 0.717) is 5.56 Å². The second-order valence-electron chi connectivity index (χ2n) is 4.35. The third kappa shape index (κ3) is 4.72. The van der Waals surface area contributed by atoms with E-state index in [-0.39, 0.29) is 12.8 Å². The van der Waals surface area contributed by atoms with Crippen LogP contribution in [0, 0.1) is 0 Å². The minimum atomic E-state index is -1.25. The van der Waals surface area contributed by atoms with Gasteiger partial charge in [-0.05, 0) is 30.5 Å². The molecule has 108 valence electrons. The average Bonchev–Trinajstić information content (AvgIpc) is 2.42. The van der Waals surface area contributed by atoms with Gasteiger partial charge in [0.15, 0.2) is 0 Å². The average molecular weight is 279 g/mol. The lowest BCUT2D eigenvalue weighted by molar-refractivity contribution is -0.140. The quantitative estimate of drug-likeness (QED) is 0.698. The molecule has 0 aliphatic rings. The first-order chi connectivity index (χ1) is 9.43. The van der Waals surface area contributed by atoms with Gasteiger partial charge < -0.3 is 15.5 Å². The lowest BCUT2D eigenvalue weighted by Gasteiger charge is -2.13. The molecule has 3 N–H and O–H groups in total. The Balaban J connectivity index is 2.69. The lowest BCUT2D eigenvalue weighted by Crippen LogP contribution is -2.41. The fourth-order valence-corrected chi connectivity index (χ4v) is 1.66. The van der Waals surface area contributed by atoms with E-state index in [4.69, 9.17) is 10.2 Å². The van der Waals surface area contributed by atoms with E-state index >= 15 is 0 Å².